The molecule has 1 aliphatic carbocycles. The maximum absolute atomic E-state index is 13.8. The van der Waals surface area contributed by atoms with Gasteiger partial charge in [0.25, 0.3) is 0 Å². The van der Waals surface area contributed by atoms with E-state index in [1.807, 2.05) is 66.7 Å². The normalized spacial score (nSPS) is 19.0. The lowest BCUT2D eigenvalue weighted by atomic mass is 9.88. The number of carboxylic acid groups (broad SMARTS) is 1. The van der Waals surface area contributed by atoms with Crippen LogP contribution < -0.4 is 5.32 Å². The van der Waals surface area contributed by atoms with Crippen LogP contribution in [-0.4, -0.2) is 73.5 Å². The fourth-order valence-electron chi connectivity index (χ4n) is 5.93. The molecule has 9 nitrogen and oxygen atoms in total. The zero-order valence-corrected chi connectivity index (χ0v) is 23.8. The Balaban J connectivity index is 1.30. The molecule has 0 aromatic heterocycles. The molecule has 0 spiro atoms. The van der Waals surface area contributed by atoms with Crippen LogP contribution in [0, 0.1) is 5.41 Å². The van der Waals surface area contributed by atoms with E-state index in [1.165, 1.54) is 12.0 Å². The van der Waals surface area contributed by atoms with Crippen molar-refractivity contribution in [2.24, 2.45) is 5.41 Å². The fraction of sp³-hybridized carbons (Fsp3) is 0.364. The van der Waals surface area contributed by atoms with Crippen LogP contribution in [-0.2, 0) is 30.4 Å². The molecule has 5 rings (SSSR count). The second-order valence-electron chi connectivity index (χ2n) is 11.0. The van der Waals surface area contributed by atoms with E-state index in [-0.39, 0.29) is 45.2 Å². The van der Waals surface area contributed by atoms with Gasteiger partial charge < -0.3 is 29.5 Å². The van der Waals surface area contributed by atoms with E-state index in [2.05, 4.69) is 17.4 Å². The Bertz CT molecular complexity index is 1380. The molecule has 0 saturated carbocycles. The van der Waals surface area contributed by atoms with Crippen LogP contribution in [0.15, 0.2) is 78.9 Å². The molecule has 1 saturated heterocycles. The van der Waals surface area contributed by atoms with Crippen molar-refractivity contribution in [3.05, 3.63) is 95.6 Å². The first kappa shape index (κ1) is 29.3. The Hall–Kier alpha value is -4.21. The maximum Gasteiger partial charge on any atom is 0.407 e. The number of carboxylic acids is 1. The van der Waals surface area contributed by atoms with Crippen LogP contribution in [0.25, 0.3) is 11.1 Å². The maximum atomic E-state index is 13.8. The van der Waals surface area contributed by atoms with Crippen molar-refractivity contribution < 1.29 is 33.7 Å². The Kier molecular flexibility index (Phi) is 8.89. The molecule has 2 amide bonds. The third-order valence-corrected chi connectivity index (χ3v) is 8.25. The Morgan fingerprint density at radius 1 is 0.976 bits per heavy atom. The summed E-state index contributed by atoms with van der Waals surface area (Å²) in [4.78, 5) is 40.5. The van der Waals surface area contributed by atoms with Crippen LogP contribution in [0.4, 0.5) is 4.79 Å². The second kappa shape index (κ2) is 12.8. The minimum atomic E-state index is -1.20. The van der Waals surface area contributed by atoms with Gasteiger partial charge in [-0.25, -0.2) is 4.79 Å². The van der Waals surface area contributed by atoms with Crippen molar-refractivity contribution in [2.75, 3.05) is 33.4 Å². The predicted octanol–water partition coefficient (Wildman–Crippen LogP) is 4.45. The van der Waals surface area contributed by atoms with Crippen LogP contribution in [0.1, 0.15) is 36.0 Å². The molecule has 1 aliphatic heterocycles. The number of alkyl carbamates (subject to hydrolysis) is 1. The summed E-state index contributed by atoms with van der Waals surface area (Å²) in [5.41, 5.74) is 4.11. The highest BCUT2D eigenvalue weighted by Crippen LogP contribution is 2.44. The van der Waals surface area contributed by atoms with Crippen LogP contribution in [0.5, 0.6) is 0 Å². The van der Waals surface area contributed by atoms with E-state index < -0.39 is 35.5 Å². The van der Waals surface area contributed by atoms with Crippen LogP contribution >= 0.6 is 0 Å². The summed E-state index contributed by atoms with van der Waals surface area (Å²) in [5, 5.41) is 12.6. The number of methoxy groups -OCH3 is 1. The Morgan fingerprint density at radius 2 is 1.60 bits per heavy atom. The molecule has 2 aliphatic rings. The van der Waals surface area contributed by atoms with E-state index in [4.69, 9.17) is 14.2 Å². The summed E-state index contributed by atoms with van der Waals surface area (Å²) in [5.74, 6) is -1.58. The van der Waals surface area contributed by atoms with Gasteiger partial charge >= 0.3 is 12.1 Å². The zero-order valence-electron chi connectivity index (χ0n) is 23.8. The lowest BCUT2D eigenvalue weighted by Gasteiger charge is -2.30. The van der Waals surface area contributed by atoms with Gasteiger partial charge in [-0.3, -0.25) is 9.59 Å². The summed E-state index contributed by atoms with van der Waals surface area (Å²) in [6.45, 7) is 2.23. The smallest absolute Gasteiger partial charge is 0.407 e. The number of carbonyl (C=O) groups is 3. The fourth-order valence-corrected chi connectivity index (χ4v) is 5.93. The SMILES string of the molecule is COCC1(C(=O)O)CCN(C(=O)C(NC(=O)OCC2c3ccccc3-c3ccccc32)C(C)OCc2ccccc2)C1. The molecule has 3 unspecified atom stereocenters. The van der Waals surface area contributed by atoms with Gasteiger partial charge in [-0.2, -0.15) is 0 Å². The van der Waals surface area contributed by atoms with Gasteiger partial charge in [-0.15, -0.1) is 0 Å². The standard InChI is InChI=1S/C33H36N2O7/c1-22(41-18-23-10-4-3-5-11-23)29(30(36)35-17-16-33(20-35,21-40-2)31(37)38)34-32(39)42-19-28-26-14-8-6-12-24(26)25-13-7-9-15-27(25)28/h3-15,22,28-29H,16-21H2,1-2H3,(H,34,39)(H,37,38). The number of rotatable bonds is 11. The van der Waals surface area contributed by atoms with Gasteiger partial charge in [0.1, 0.15) is 18.1 Å². The molecule has 2 N–H and O–H groups in total. The van der Waals surface area contributed by atoms with Crippen molar-refractivity contribution >= 4 is 18.0 Å². The third kappa shape index (κ3) is 6.03. The Morgan fingerprint density at radius 3 is 2.21 bits per heavy atom. The number of hydrogen-bond acceptors (Lipinski definition) is 6. The average molecular weight is 573 g/mol. The molecule has 3 atom stereocenters. The molecule has 1 fully saturated rings. The zero-order chi connectivity index (χ0) is 29.7. The molecular formula is C33H36N2O7. The number of aliphatic carboxylic acids is 1. The average Bonchev–Trinajstić information content (AvgIpc) is 3.58. The number of nitrogens with zero attached hydrogens (tertiary/aromatic N) is 1. The first-order chi connectivity index (χ1) is 20.3. The van der Waals surface area contributed by atoms with Gasteiger partial charge in [0.15, 0.2) is 0 Å². The summed E-state index contributed by atoms with van der Waals surface area (Å²) in [6, 6.07) is 24.5. The van der Waals surface area contributed by atoms with Crippen LogP contribution in [0.3, 0.4) is 0 Å². The summed E-state index contributed by atoms with van der Waals surface area (Å²) in [6.07, 6.45) is -1.22. The van der Waals surface area contributed by atoms with E-state index in [0.29, 0.717) is 0 Å². The summed E-state index contributed by atoms with van der Waals surface area (Å²) in [7, 11) is 1.44. The van der Waals surface area contributed by atoms with E-state index in [0.717, 1.165) is 27.8 Å². The van der Waals surface area contributed by atoms with Crippen molar-refractivity contribution in [1.82, 2.24) is 10.2 Å². The van der Waals surface area contributed by atoms with E-state index >= 15 is 0 Å². The number of nitrogens with one attached hydrogen (secondary N) is 1. The number of fused-ring (bicyclic) bond motifs is 3. The molecule has 3 aromatic rings. The lowest BCUT2D eigenvalue weighted by Crippen LogP contribution is -2.54. The molecular weight excluding hydrogens is 536 g/mol. The molecule has 42 heavy (non-hydrogen) atoms. The van der Waals surface area contributed by atoms with Crippen molar-refractivity contribution in [1.29, 1.82) is 0 Å². The second-order valence-corrected chi connectivity index (χ2v) is 11.0. The monoisotopic (exact) mass is 572 g/mol. The number of benzene rings is 3. The predicted molar refractivity (Wildman–Crippen MR) is 156 cm³/mol. The molecule has 9 heteroatoms. The molecule has 1 heterocycles. The highest BCUT2D eigenvalue weighted by Gasteiger charge is 2.48. The van der Waals surface area contributed by atoms with E-state index in [1.54, 1.807) is 6.92 Å². The molecule has 0 radical (unpaired) electrons. The van der Waals surface area contributed by atoms with Gasteiger partial charge in [-0.05, 0) is 41.2 Å². The highest BCUT2D eigenvalue weighted by molar-refractivity contribution is 5.88. The quantitative estimate of drug-likeness (QED) is 0.349. The first-order valence-electron chi connectivity index (χ1n) is 14.1. The number of hydrogen-bond donors (Lipinski definition) is 2. The minimum Gasteiger partial charge on any atom is -0.481 e. The number of amides is 2. The van der Waals surface area contributed by atoms with Crippen molar-refractivity contribution in [3.63, 3.8) is 0 Å². The van der Waals surface area contributed by atoms with E-state index in [9.17, 15) is 19.5 Å². The molecule has 220 valence electrons. The molecule has 0 bridgehead atoms. The lowest BCUT2D eigenvalue weighted by molar-refractivity contribution is -0.152. The van der Waals surface area contributed by atoms with Gasteiger partial charge in [-0.1, -0.05) is 78.9 Å². The molecule has 3 aromatic carbocycles. The number of carbonyl (C=O) groups excluding carboxylic acids is 2. The van der Waals surface area contributed by atoms with Crippen molar-refractivity contribution in [3.8, 4) is 11.1 Å². The minimum absolute atomic E-state index is 0.0172. The van der Waals surface area contributed by atoms with Crippen LogP contribution in [0.2, 0.25) is 0 Å². The number of likely N-dealkylation sites (tertiary alicyclic amines) is 1. The summed E-state index contributed by atoms with van der Waals surface area (Å²) >= 11 is 0. The van der Waals surface area contributed by atoms with Gasteiger partial charge in [0.05, 0.1) is 19.3 Å². The first-order valence-corrected chi connectivity index (χ1v) is 14.1. The number of ether oxygens (including phenoxy) is 3. The summed E-state index contributed by atoms with van der Waals surface area (Å²) < 4.78 is 16.9. The van der Waals surface area contributed by atoms with Gasteiger partial charge in [0.2, 0.25) is 5.91 Å². The third-order valence-electron chi connectivity index (χ3n) is 8.25. The highest BCUT2D eigenvalue weighted by atomic mass is 16.5. The topological polar surface area (TPSA) is 114 Å². The van der Waals surface area contributed by atoms with Gasteiger partial charge in [0, 0.05) is 26.1 Å². The van der Waals surface area contributed by atoms with Crippen molar-refractivity contribution in [2.45, 2.75) is 38.0 Å². The largest absolute Gasteiger partial charge is 0.481 e. The Labute approximate surface area is 245 Å².